The quantitative estimate of drug-likeness (QED) is 0.832. The molecule has 1 unspecified atom stereocenters. The molecule has 1 N–H and O–H groups in total. The number of rotatable bonds is 5. The van der Waals surface area contributed by atoms with Crippen LogP contribution in [0.2, 0.25) is 0 Å². The van der Waals surface area contributed by atoms with Gasteiger partial charge in [-0.25, -0.2) is 17.5 Å². The Morgan fingerprint density at radius 3 is 2.57 bits per heavy atom. The minimum absolute atomic E-state index is 0.0215. The molecule has 1 aliphatic heterocycles. The fraction of sp³-hybridized carbons (Fsp3) is 0.381. The molecule has 2 aromatic rings. The maximum atomic E-state index is 13.8. The summed E-state index contributed by atoms with van der Waals surface area (Å²) in [6.45, 7) is 4.86. The van der Waals surface area contributed by atoms with Crippen LogP contribution < -0.4 is 4.72 Å². The number of carbonyl (C=O) groups is 1. The van der Waals surface area contributed by atoms with Gasteiger partial charge in [-0.05, 0) is 62.4 Å². The average molecular weight is 405 g/mol. The molecule has 0 saturated carbocycles. The Morgan fingerprint density at radius 2 is 1.89 bits per heavy atom. The molecule has 0 spiro atoms. The number of nitrogens with zero attached hydrogens (tertiary/aromatic N) is 1. The van der Waals surface area contributed by atoms with Crippen molar-refractivity contribution < 1.29 is 17.6 Å². The standard InChI is InChI=1S/C21H25FN2O3S/c1-15-5-9-19(10-6-15)28(26,27)23-13-17-4-3-11-24(14-17)21(25)18-8-7-16(2)20(22)12-18/h5-10,12,17,23H,3-4,11,13-14H2,1-2H3. The van der Waals surface area contributed by atoms with E-state index in [9.17, 15) is 17.6 Å². The van der Waals surface area contributed by atoms with Gasteiger partial charge in [0.05, 0.1) is 4.90 Å². The first-order valence-electron chi connectivity index (χ1n) is 9.38. The minimum Gasteiger partial charge on any atom is -0.338 e. The van der Waals surface area contributed by atoms with Crippen molar-refractivity contribution in [1.82, 2.24) is 9.62 Å². The Balaban J connectivity index is 1.62. The Labute approximate surface area is 165 Å². The van der Waals surface area contributed by atoms with Crippen LogP contribution in [0.15, 0.2) is 47.4 Å². The SMILES string of the molecule is Cc1ccc(S(=O)(=O)NCC2CCCN(C(=O)c3ccc(C)c(F)c3)C2)cc1. The summed E-state index contributed by atoms with van der Waals surface area (Å²) in [5, 5.41) is 0. The van der Waals surface area contributed by atoms with Crippen molar-refractivity contribution in [3.8, 4) is 0 Å². The van der Waals surface area contributed by atoms with Crippen molar-refractivity contribution in [2.24, 2.45) is 5.92 Å². The summed E-state index contributed by atoms with van der Waals surface area (Å²) in [5.74, 6) is -0.594. The van der Waals surface area contributed by atoms with Crippen LogP contribution >= 0.6 is 0 Å². The monoisotopic (exact) mass is 404 g/mol. The van der Waals surface area contributed by atoms with Gasteiger partial charge < -0.3 is 4.90 Å². The first-order chi connectivity index (χ1) is 13.3. The van der Waals surface area contributed by atoms with Crippen LogP contribution in [-0.4, -0.2) is 38.9 Å². The number of nitrogens with one attached hydrogen (secondary N) is 1. The molecule has 28 heavy (non-hydrogen) atoms. The number of halogens is 1. The highest BCUT2D eigenvalue weighted by Gasteiger charge is 2.26. The maximum Gasteiger partial charge on any atom is 0.253 e. The third-order valence-electron chi connectivity index (χ3n) is 5.12. The van der Waals surface area contributed by atoms with Crippen LogP contribution in [0, 0.1) is 25.6 Å². The summed E-state index contributed by atoms with van der Waals surface area (Å²) >= 11 is 0. The summed E-state index contributed by atoms with van der Waals surface area (Å²) in [4.78, 5) is 14.6. The van der Waals surface area contributed by atoms with Crippen LogP contribution in [0.3, 0.4) is 0 Å². The number of aryl methyl sites for hydroxylation is 2. The second-order valence-electron chi connectivity index (χ2n) is 7.39. The largest absolute Gasteiger partial charge is 0.338 e. The topological polar surface area (TPSA) is 66.5 Å². The molecule has 1 atom stereocenters. The van der Waals surface area contributed by atoms with E-state index >= 15 is 0 Å². The fourth-order valence-corrected chi connectivity index (χ4v) is 4.47. The van der Waals surface area contributed by atoms with Crippen molar-refractivity contribution in [3.05, 3.63) is 65.0 Å². The summed E-state index contributed by atoms with van der Waals surface area (Å²) in [5.41, 5.74) is 1.82. The van der Waals surface area contributed by atoms with E-state index in [4.69, 9.17) is 0 Å². The molecule has 1 aliphatic rings. The number of amides is 1. The van der Waals surface area contributed by atoms with E-state index in [2.05, 4.69) is 4.72 Å². The molecule has 1 saturated heterocycles. The fourth-order valence-electron chi connectivity index (χ4n) is 3.35. The van der Waals surface area contributed by atoms with E-state index in [1.54, 1.807) is 48.2 Å². The number of carbonyl (C=O) groups excluding carboxylic acids is 1. The van der Waals surface area contributed by atoms with E-state index in [0.29, 0.717) is 24.2 Å². The number of piperidine rings is 1. The van der Waals surface area contributed by atoms with Crippen molar-refractivity contribution >= 4 is 15.9 Å². The lowest BCUT2D eigenvalue weighted by molar-refractivity contribution is 0.0676. The highest BCUT2D eigenvalue weighted by atomic mass is 32.2. The van der Waals surface area contributed by atoms with Gasteiger partial charge in [0.15, 0.2) is 0 Å². The molecule has 0 bridgehead atoms. The Hall–Kier alpha value is -2.25. The lowest BCUT2D eigenvalue weighted by atomic mass is 9.97. The Kier molecular flexibility index (Phi) is 6.15. The van der Waals surface area contributed by atoms with Gasteiger partial charge in [-0.3, -0.25) is 4.79 Å². The van der Waals surface area contributed by atoms with Crippen LogP contribution in [0.5, 0.6) is 0 Å². The molecule has 7 heteroatoms. The summed E-state index contributed by atoms with van der Waals surface area (Å²) in [6, 6.07) is 11.2. The second-order valence-corrected chi connectivity index (χ2v) is 9.16. The molecule has 1 heterocycles. The molecule has 1 amide bonds. The first kappa shape index (κ1) is 20.5. The molecule has 1 fully saturated rings. The van der Waals surface area contributed by atoms with Gasteiger partial charge in [0.2, 0.25) is 10.0 Å². The highest BCUT2D eigenvalue weighted by Crippen LogP contribution is 2.20. The molecule has 2 aromatic carbocycles. The summed E-state index contributed by atoms with van der Waals surface area (Å²) in [6.07, 6.45) is 1.62. The molecule has 3 rings (SSSR count). The van der Waals surface area contributed by atoms with Crippen molar-refractivity contribution in [2.75, 3.05) is 19.6 Å². The van der Waals surface area contributed by atoms with Crippen LogP contribution in [0.25, 0.3) is 0 Å². The molecule has 150 valence electrons. The molecular formula is C21H25FN2O3S. The highest BCUT2D eigenvalue weighted by molar-refractivity contribution is 7.89. The van der Waals surface area contributed by atoms with Crippen molar-refractivity contribution in [1.29, 1.82) is 0 Å². The second kappa shape index (κ2) is 8.41. The van der Waals surface area contributed by atoms with Crippen LogP contribution in [0.4, 0.5) is 4.39 Å². The van der Waals surface area contributed by atoms with E-state index in [-0.39, 0.29) is 23.3 Å². The Morgan fingerprint density at radius 1 is 1.18 bits per heavy atom. The minimum atomic E-state index is -3.58. The van der Waals surface area contributed by atoms with Gasteiger partial charge in [-0.2, -0.15) is 0 Å². The normalized spacial score (nSPS) is 17.5. The van der Waals surface area contributed by atoms with Gasteiger partial charge in [0, 0.05) is 25.2 Å². The molecule has 0 aliphatic carbocycles. The molecule has 5 nitrogen and oxygen atoms in total. The van der Waals surface area contributed by atoms with Crippen molar-refractivity contribution in [3.63, 3.8) is 0 Å². The Bertz CT molecular complexity index is 958. The lowest BCUT2D eigenvalue weighted by Gasteiger charge is -2.33. The van der Waals surface area contributed by atoms with Gasteiger partial charge in [-0.15, -0.1) is 0 Å². The zero-order valence-electron chi connectivity index (χ0n) is 16.1. The molecular weight excluding hydrogens is 379 g/mol. The number of sulfonamides is 1. The van der Waals surface area contributed by atoms with E-state index in [0.717, 1.165) is 18.4 Å². The van der Waals surface area contributed by atoms with E-state index in [1.165, 1.54) is 6.07 Å². The summed E-state index contributed by atoms with van der Waals surface area (Å²) < 4.78 is 41.3. The zero-order valence-corrected chi connectivity index (χ0v) is 16.9. The molecule has 0 aromatic heterocycles. The number of likely N-dealkylation sites (tertiary alicyclic amines) is 1. The predicted molar refractivity (Wildman–Crippen MR) is 106 cm³/mol. The number of benzene rings is 2. The smallest absolute Gasteiger partial charge is 0.253 e. The van der Waals surface area contributed by atoms with Gasteiger partial charge in [0.25, 0.3) is 5.91 Å². The average Bonchev–Trinajstić information content (AvgIpc) is 2.68. The van der Waals surface area contributed by atoms with Crippen LogP contribution in [0.1, 0.15) is 34.3 Å². The third kappa shape index (κ3) is 4.77. The van der Waals surface area contributed by atoms with Crippen LogP contribution in [-0.2, 0) is 10.0 Å². The van der Waals surface area contributed by atoms with Gasteiger partial charge in [-0.1, -0.05) is 23.8 Å². The van der Waals surface area contributed by atoms with Gasteiger partial charge >= 0.3 is 0 Å². The number of hydrogen-bond donors (Lipinski definition) is 1. The predicted octanol–water partition coefficient (Wildman–Crippen LogP) is 3.27. The third-order valence-corrected chi connectivity index (χ3v) is 6.56. The number of hydrogen-bond acceptors (Lipinski definition) is 3. The molecule has 0 radical (unpaired) electrons. The van der Waals surface area contributed by atoms with E-state index < -0.39 is 15.8 Å². The lowest BCUT2D eigenvalue weighted by Crippen LogP contribution is -2.43. The first-order valence-corrected chi connectivity index (χ1v) is 10.9. The zero-order chi connectivity index (χ0) is 20.3. The van der Waals surface area contributed by atoms with Crippen molar-refractivity contribution in [2.45, 2.75) is 31.6 Å². The van der Waals surface area contributed by atoms with Gasteiger partial charge in [0.1, 0.15) is 5.82 Å². The van der Waals surface area contributed by atoms with E-state index in [1.807, 2.05) is 6.92 Å². The summed E-state index contributed by atoms with van der Waals surface area (Å²) in [7, 11) is -3.58. The maximum absolute atomic E-state index is 13.8.